The number of hydrogen-bond acceptors (Lipinski definition) is 6. The van der Waals surface area contributed by atoms with Gasteiger partial charge in [0.2, 0.25) is 5.91 Å². The van der Waals surface area contributed by atoms with Crippen molar-refractivity contribution in [3.8, 4) is 0 Å². The lowest BCUT2D eigenvalue weighted by molar-refractivity contribution is -0.117. The van der Waals surface area contributed by atoms with Crippen molar-refractivity contribution >= 4 is 32.2 Å². The minimum Gasteiger partial charge on any atom is -0.320 e. The molecule has 25 heavy (non-hydrogen) atoms. The van der Waals surface area contributed by atoms with Gasteiger partial charge in [0.05, 0.1) is 17.5 Å². The molecule has 1 aromatic carbocycles. The molecule has 2 rings (SSSR count). The highest BCUT2D eigenvalue weighted by Crippen LogP contribution is 2.26. The molecule has 1 atom stereocenters. The maximum atomic E-state index is 13.8. The molecule has 9 heteroatoms. The summed E-state index contributed by atoms with van der Waals surface area (Å²) in [7, 11) is -3.18. The minimum absolute atomic E-state index is 0.0388. The summed E-state index contributed by atoms with van der Waals surface area (Å²) in [6.07, 6.45) is 1.51. The van der Waals surface area contributed by atoms with Crippen molar-refractivity contribution in [2.24, 2.45) is 5.73 Å². The van der Waals surface area contributed by atoms with E-state index in [2.05, 4.69) is 10.3 Å². The predicted molar refractivity (Wildman–Crippen MR) is 97.0 cm³/mol. The highest BCUT2D eigenvalue weighted by molar-refractivity contribution is 7.90. The number of nitrogens with zero attached hydrogens (tertiary/aromatic N) is 1. The van der Waals surface area contributed by atoms with E-state index in [9.17, 15) is 17.6 Å². The first-order chi connectivity index (χ1) is 11.7. The van der Waals surface area contributed by atoms with Crippen LogP contribution in [0.1, 0.15) is 22.6 Å². The first kappa shape index (κ1) is 19.5. The zero-order valence-corrected chi connectivity index (χ0v) is 15.6. The fourth-order valence-electron chi connectivity index (χ4n) is 2.13. The van der Waals surface area contributed by atoms with Crippen LogP contribution in [0.15, 0.2) is 24.3 Å². The van der Waals surface area contributed by atoms with Crippen LogP contribution in [-0.2, 0) is 21.1 Å². The van der Waals surface area contributed by atoms with E-state index in [0.717, 1.165) is 11.1 Å². The molecule has 0 saturated heterocycles. The molecular formula is C16H20FN3O3S2. The Morgan fingerprint density at radius 3 is 2.72 bits per heavy atom. The number of thiazole rings is 1. The van der Waals surface area contributed by atoms with Crippen molar-refractivity contribution in [1.82, 2.24) is 4.98 Å². The molecule has 1 aromatic heterocycles. The largest absolute Gasteiger partial charge is 0.320 e. The van der Waals surface area contributed by atoms with E-state index >= 15 is 0 Å². The lowest BCUT2D eigenvalue weighted by Gasteiger charge is -2.09. The Kier molecular flexibility index (Phi) is 6.26. The molecule has 0 aliphatic rings. The van der Waals surface area contributed by atoms with E-state index in [1.807, 2.05) is 0 Å². The highest BCUT2D eigenvalue weighted by atomic mass is 32.2. The molecule has 0 bridgehead atoms. The lowest BCUT2D eigenvalue weighted by Crippen LogP contribution is -2.37. The number of anilines is 1. The Bertz CT molecular complexity index is 865. The Labute approximate surface area is 150 Å². The van der Waals surface area contributed by atoms with Gasteiger partial charge >= 0.3 is 0 Å². The monoisotopic (exact) mass is 385 g/mol. The summed E-state index contributed by atoms with van der Waals surface area (Å²) in [5.74, 6) is -0.935. The van der Waals surface area contributed by atoms with Crippen molar-refractivity contribution in [2.45, 2.75) is 25.8 Å². The normalized spacial score (nSPS) is 12.8. The van der Waals surface area contributed by atoms with Crippen molar-refractivity contribution < 1.29 is 17.6 Å². The number of amides is 1. The Morgan fingerprint density at radius 2 is 2.08 bits per heavy atom. The number of carbonyl (C=O) groups is 1. The second-order valence-corrected chi connectivity index (χ2v) is 9.15. The lowest BCUT2D eigenvalue weighted by atomic mass is 10.1. The van der Waals surface area contributed by atoms with Crippen molar-refractivity contribution in [3.05, 3.63) is 46.2 Å². The van der Waals surface area contributed by atoms with Crippen molar-refractivity contribution in [1.29, 1.82) is 0 Å². The van der Waals surface area contributed by atoms with E-state index < -0.39 is 21.8 Å². The molecule has 6 nitrogen and oxygen atoms in total. The Morgan fingerprint density at radius 1 is 1.40 bits per heavy atom. The molecular weight excluding hydrogens is 365 g/mol. The van der Waals surface area contributed by atoms with Crippen LogP contribution in [0.25, 0.3) is 0 Å². The van der Waals surface area contributed by atoms with Crippen LogP contribution < -0.4 is 11.1 Å². The second kappa shape index (κ2) is 8.03. The van der Waals surface area contributed by atoms with Gasteiger partial charge in [0.15, 0.2) is 5.13 Å². The number of aryl methyl sites for hydroxylation is 1. The van der Waals surface area contributed by atoms with E-state index in [-0.39, 0.29) is 18.0 Å². The third-order valence-electron chi connectivity index (χ3n) is 3.57. The number of rotatable bonds is 7. The molecule has 0 radical (unpaired) electrons. The molecule has 0 fully saturated rings. The number of halogens is 1. The fraction of sp³-hybridized carbons (Fsp3) is 0.375. The molecule has 136 valence electrons. The zero-order chi connectivity index (χ0) is 18.6. The van der Waals surface area contributed by atoms with Gasteiger partial charge in [0.1, 0.15) is 15.7 Å². The smallest absolute Gasteiger partial charge is 0.243 e. The van der Waals surface area contributed by atoms with Gasteiger partial charge in [0.25, 0.3) is 0 Å². The zero-order valence-electron chi connectivity index (χ0n) is 14.0. The summed E-state index contributed by atoms with van der Waals surface area (Å²) in [4.78, 5) is 17.1. The van der Waals surface area contributed by atoms with Gasteiger partial charge in [-0.25, -0.2) is 17.8 Å². The van der Waals surface area contributed by atoms with Crippen LogP contribution in [0.3, 0.4) is 0 Å². The van der Waals surface area contributed by atoms with Crippen LogP contribution in [0.5, 0.6) is 0 Å². The van der Waals surface area contributed by atoms with Crippen LogP contribution in [0.4, 0.5) is 9.52 Å². The van der Waals surface area contributed by atoms with Crippen molar-refractivity contribution in [3.63, 3.8) is 0 Å². The SMILES string of the molecule is Cc1nc(NC(=O)C(N)CCS(C)(=O)=O)sc1Cc1ccccc1F. The molecule has 3 N–H and O–H groups in total. The number of carbonyl (C=O) groups excluding carboxylic acids is 1. The summed E-state index contributed by atoms with van der Waals surface area (Å²) in [6, 6.07) is 5.55. The third kappa shape index (κ3) is 5.87. The van der Waals surface area contributed by atoms with Crippen LogP contribution >= 0.6 is 11.3 Å². The Balaban J connectivity index is 2.02. The molecule has 2 aromatic rings. The van der Waals surface area contributed by atoms with Gasteiger partial charge in [-0.1, -0.05) is 18.2 Å². The molecule has 1 unspecified atom stereocenters. The number of nitrogens with one attached hydrogen (secondary N) is 1. The number of benzene rings is 1. The number of sulfone groups is 1. The van der Waals surface area contributed by atoms with E-state index in [0.29, 0.717) is 22.8 Å². The van der Waals surface area contributed by atoms with Gasteiger partial charge in [0, 0.05) is 17.6 Å². The summed E-state index contributed by atoms with van der Waals surface area (Å²) in [5, 5.41) is 2.96. The minimum atomic E-state index is -3.18. The van der Waals surface area contributed by atoms with E-state index in [4.69, 9.17) is 5.73 Å². The van der Waals surface area contributed by atoms with E-state index in [1.165, 1.54) is 17.4 Å². The van der Waals surface area contributed by atoms with Crippen LogP contribution in [0, 0.1) is 12.7 Å². The molecule has 0 spiro atoms. The topological polar surface area (TPSA) is 102 Å². The predicted octanol–water partition coefficient (Wildman–Crippen LogP) is 1.88. The average molecular weight is 385 g/mol. The standard InChI is InChI=1S/C16H20FN3O3S2/c1-10-14(9-11-5-3-4-6-12(11)17)24-16(19-10)20-15(21)13(18)7-8-25(2,22)23/h3-6,13H,7-9,18H2,1-2H3,(H,19,20,21). The maximum absolute atomic E-state index is 13.8. The molecule has 0 aliphatic carbocycles. The second-order valence-electron chi connectivity index (χ2n) is 5.81. The summed E-state index contributed by atoms with van der Waals surface area (Å²) in [6.45, 7) is 1.78. The first-order valence-corrected chi connectivity index (χ1v) is 10.5. The average Bonchev–Trinajstić information content (AvgIpc) is 2.86. The maximum Gasteiger partial charge on any atom is 0.243 e. The van der Waals surface area contributed by atoms with E-state index in [1.54, 1.807) is 25.1 Å². The molecule has 0 aliphatic heterocycles. The number of nitrogens with two attached hydrogens (primary N) is 1. The van der Waals surface area contributed by atoms with Gasteiger partial charge in [-0.15, -0.1) is 11.3 Å². The van der Waals surface area contributed by atoms with Gasteiger partial charge in [-0.2, -0.15) is 0 Å². The van der Waals surface area contributed by atoms with Crippen LogP contribution in [-0.4, -0.2) is 37.4 Å². The first-order valence-electron chi connectivity index (χ1n) is 7.59. The summed E-state index contributed by atoms with van der Waals surface area (Å²) < 4.78 is 36.0. The van der Waals surface area contributed by atoms with Crippen LogP contribution in [0.2, 0.25) is 0 Å². The van der Waals surface area contributed by atoms with Gasteiger partial charge in [-0.05, 0) is 25.0 Å². The fourth-order valence-corrected chi connectivity index (χ4v) is 3.80. The van der Waals surface area contributed by atoms with Crippen molar-refractivity contribution in [2.75, 3.05) is 17.3 Å². The third-order valence-corrected chi connectivity index (χ3v) is 5.62. The highest BCUT2D eigenvalue weighted by Gasteiger charge is 2.18. The van der Waals surface area contributed by atoms with Gasteiger partial charge < -0.3 is 11.1 Å². The Hall–Kier alpha value is -1.84. The van der Waals surface area contributed by atoms with Gasteiger partial charge in [-0.3, -0.25) is 4.79 Å². The quantitative estimate of drug-likeness (QED) is 0.758. The summed E-state index contributed by atoms with van der Waals surface area (Å²) in [5.41, 5.74) is 6.97. The molecule has 1 heterocycles. The summed E-state index contributed by atoms with van der Waals surface area (Å²) >= 11 is 1.25. The molecule has 1 amide bonds. The molecule has 0 saturated carbocycles. The number of aromatic nitrogens is 1. The number of hydrogen-bond donors (Lipinski definition) is 2.